The Morgan fingerprint density at radius 1 is 1.03 bits per heavy atom. The van der Waals surface area contributed by atoms with Crippen LogP contribution in [-0.2, 0) is 4.79 Å². The van der Waals surface area contributed by atoms with Crippen LogP contribution in [0.4, 0.5) is 10.8 Å². The Hall–Kier alpha value is -2.72. The molecule has 1 N–H and O–H groups in total. The maximum atomic E-state index is 12.9. The number of likely N-dealkylation sites (tertiary alicyclic amines) is 1. The number of thiazole rings is 1. The first-order valence-corrected chi connectivity index (χ1v) is 13.4. The van der Waals surface area contributed by atoms with Gasteiger partial charge < -0.3 is 14.7 Å². The number of piperazine rings is 1. The molecule has 0 saturated carbocycles. The molecule has 2 aromatic heterocycles. The molecule has 0 atom stereocenters. The van der Waals surface area contributed by atoms with Gasteiger partial charge in [0.2, 0.25) is 5.91 Å². The number of benzene rings is 1. The highest BCUT2D eigenvalue weighted by Crippen LogP contribution is 2.30. The van der Waals surface area contributed by atoms with Crippen LogP contribution in [0, 0.1) is 5.92 Å². The number of carbonyl (C=O) groups is 2. The number of aromatic nitrogens is 2. The Labute approximate surface area is 232 Å². The highest BCUT2D eigenvalue weighted by molar-refractivity contribution is 7.14. The Kier molecular flexibility index (Phi) is 9.02. The van der Waals surface area contributed by atoms with Crippen LogP contribution in [0.2, 0.25) is 5.02 Å². The fraction of sp³-hybridized carbons (Fsp3) is 0.385. The van der Waals surface area contributed by atoms with E-state index >= 15 is 0 Å². The summed E-state index contributed by atoms with van der Waals surface area (Å²) in [5, 5.41) is 5.79. The molecular weight excluding hydrogens is 531 g/mol. The normalized spacial score (nSPS) is 16.8. The van der Waals surface area contributed by atoms with Crippen molar-refractivity contribution in [3.05, 3.63) is 58.7 Å². The number of hydrogen-bond donors (Lipinski definition) is 1. The number of piperidine rings is 1. The van der Waals surface area contributed by atoms with Crippen LogP contribution in [0.15, 0.2) is 48.0 Å². The summed E-state index contributed by atoms with van der Waals surface area (Å²) in [5.74, 6) is 0.147. The minimum Gasteiger partial charge on any atom is -0.367 e. The topological polar surface area (TPSA) is 81.7 Å². The van der Waals surface area contributed by atoms with E-state index < -0.39 is 0 Å². The van der Waals surface area contributed by atoms with E-state index in [0.717, 1.165) is 56.0 Å². The molecule has 2 aliphatic heterocycles. The van der Waals surface area contributed by atoms with E-state index in [1.807, 2.05) is 40.6 Å². The van der Waals surface area contributed by atoms with Gasteiger partial charge in [-0.05, 0) is 51.2 Å². The van der Waals surface area contributed by atoms with E-state index in [1.54, 1.807) is 12.3 Å². The Balaban J connectivity index is 0.00000320. The van der Waals surface area contributed by atoms with Crippen molar-refractivity contribution in [2.24, 2.45) is 5.92 Å². The lowest BCUT2D eigenvalue weighted by atomic mass is 9.95. The monoisotopic (exact) mass is 560 g/mol. The van der Waals surface area contributed by atoms with Gasteiger partial charge in [0.1, 0.15) is 5.69 Å². The minimum absolute atomic E-state index is 0. The first kappa shape index (κ1) is 27.3. The Bertz CT molecular complexity index is 1220. The second kappa shape index (κ2) is 12.2. The van der Waals surface area contributed by atoms with Crippen molar-refractivity contribution in [2.45, 2.75) is 12.8 Å². The molecule has 0 bridgehead atoms. The zero-order chi connectivity index (χ0) is 25.1. The average molecular weight is 562 g/mol. The third kappa shape index (κ3) is 6.41. The third-order valence-electron chi connectivity index (χ3n) is 6.88. The van der Waals surface area contributed by atoms with Crippen LogP contribution in [0.5, 0.6) is 0 Å². The fourth-order valence-corrected chi connectivity index (χ4v) is 5.63. The summed E-state index contributed by atoms with van der Waals surface area (Å²) in [7, 11) is 2.11. The largest absolute Gasteiger partial charge is 0.367 e. The first-order chi connectivity index (χ1) is 17.5. The molecule has 0 spiro atoms. The van der Waals surface area contributed by atoms with Crippen molar-refractivity contribution >= 4 is 58.0 Å². The molecule has 2 fully saturated rings. The molecule has 0 unspecified atom stereocenters. The molecule has 0 aliphatic carbocycles. The number of nitrogens with one attached hydrogen (secondary N) is 1. The number of carbonyl (C=O) groups excluding carboxylic acids is 2. The number of pyridine rings is 1. The van der Waals surface area contributed by atoms with Gasteiger partial charge in [-0.1, -0.05) is 29.8 Å². The Morgan fingerprint density at radius 3 is 2.43 bits per heavy atom. The lowest BCUT2D eigenvalue weighted by molar-refractivity contribution is -0.137. The van der Waals surface area contributed by atoms with Crippen LogP contribution in [0.25, 0.3) is 11.3 Å². The van der Waals surface area contributed by atoms with Gasteiger partial charge in [0.15, 0.2) is 5.13 Å². The summed E-state index contributed by atoms with van der Waals surface area (Å²) in [6.07, 6.45) is 3.62. The predicted molar refractivity (Wildman–Crippen MR) is 151 cm³/mol. The standard InChI is InChI=1S/C26H29ClN6O2S.ClH/c1-31-10-8-18(9-11-31)25(35)33-14-12-32(13-15-33)19-6-7-22(28-16-19)24(34)30-26-29-23(17-36-26)20-4-2-3-5-21(20)27;/h2-7,16-18H,8-15H2,1H3,(H,29,30,34);1H. The summed E-state index contributed by atoms with van der Waals surface area (Å²) in [4.78, 5) is 41.0. The van der Waals surface area contributed by atoms with Crippen molar-refractivity contribution in [1.82, 2.24) is 19.8 Å². The number of nitrogens with zero attached hydrogens (tertiary/aromatic N) is 5. The van der Waals surface area contributed by atoms with E-state index in [2.05, 4.69) is 32.1 Å². The molecule has 4 heterocycles. The highest BCUT2D eigenvalue weighted by atomic mass is 35.5. The SMILES string of the molecule is CN1CCC(C(=O)N2CCN(c3ccc(C(=O)Nc4nc(-c5ccccc5Cl)cs4)nc3)CC2)CC1.Cl. The zero-order valence-corrected chi connectivity index (χ0v) is 23.0. The maximum Gasteiger partial charge on any atom is 0.276 e. The van der Waals surface area contributed by atoms with Crippen molar-refractivity contribution < 1.29 is 9.59 Å². The van der Waals surface area contributed by atoms with E-state index in [-0.39, 0.29) is 24.2 Å². The van der Waals surface area contributed by atoms with Crippen LogP contribution in [0.1, 0.15) is 23.3 Å². The van der Waals surface area contributed by atoms with Crippen LogP contribution in [0.3, 0.4) is 0 Å². The molecule has 2 amide bonds. The number of halogens is 2. The molecule has 196 valence electrons. The fourth-order valence-electron chi connectivity index (χ4n) is 4.69. The molecule has 8 nitrogen and oxygen atoms in total. The smallest absolute Gasteiger partial charge is 0.276 e. The molecule has 0 radical (unpaired) electrons. The molecular formula is C26H30Cl2N6O2S. The van der Waals surface area contributed by atoms with E-state index in [0.29, 0.717) is 34.8 Å². The van der Waals surface area contributed by atoms with Crippen molar-refractivity contribution in [1.29, 1.82) is 0 Å². The van der Waals surface area contributed by atoms with Gasteiger partial charge in [-0.3, -0.25) is 14.9 Å². The third-order valence-corrected chi connectivity index (χ3v) is 7.97. The van der Waals surface area contributed by atoms with Crippen LogP contribution >= 0.6 is 35.3 Å². The maximum absolute atomic E-state index is 12.9. The van der Waals surface area contributed by atoms with Crippen molar-refractivity contribution in [3.8, 4) is 11.3 Å². The Morgan fingerprint density at radius 2 is 1.76 bits per heavy atom. The summed E-state index contributed by atoms with van der Waals surface area (Å²) < 4.78 is 0. The number of amides is 2. The highest BCUT2D eigenvalue weighted by Gasteiger charge is 2.29. The van der Waals surface area contributed by atoms with Crippen molar-refractivity contribution in [3.63, 3.8) is 0 Å². The first-order valence-electron chi connectivity index (χ1n) is 12.2. The van der Waals surface area contributed by atoms with E-state index in [1.165, 1.54) is 11.3 Å². The minimum atomic E-state index is -0.310. The van der Waals surface area contributed by atoms with Crippen LogP contribution in [-0.4, -0.2) is 77.9 Å². The summed E-state index contributed by atoms with van der Waals surface area (Å²) in [6.45, 7) is 4.93. The molecule has 3 aromatic rings. The van der Waals surface area contributed by atoms with E-state index in [9.17, 15) is 9.59 Å². The lowest BCUT2D eigenvalue weighted by Gasteiger charge is -2.38. The molecule has 5 rings (SSSR count). The second-order valence-corrected chi connectivity index (χ2v) is 10.5. The van der Waals surface area contributed by atoms with Gasteiger partial charge in [-0.15, -0.1) is 23.7 Å². The van der Waals surface area contributed by atoms with Gasteiger partial charge in [0.25, 0.3) is 5.91 Å². The summed E-state index contributed by atoms with van der Waals surface area (Å²) >= 11 is 7.60. The van der Waals surface area contributed by atoms with Gasteiger partial charge >= 0.3 is 0 Å². The summed E-state index contributed by atoms with van der Waals surface area (Å²) in [6, 6.07) is 11.1. The molecule has 1 aromatic carbocycles. The average Bonchev–Trinajstić information content (AvgIpc) is 3.37. The molecule has 2 saturated heterocycles. The van der Waals surface area contributed by atoms with Crippen molar-refractivity contribution in [2.75, 3.05) is 56.5 Å². The predicted octanol–water partition coefficient (Wildman–Crippen LogP) is 4.52. The second-order valence-electron chi connectivity index (χ2n) is 9.26. The quantitative estimate of drug-likeness (QED) is 0.494. The van der Waals surface area contributed by atoms with Gasteiger partial charge in [0, 0.05) is 48.1 Å². The van der Waals surface area contributed by atoms with Gasteiger partial charge in [-0.25, -0.2) is 9.97 Å². The van der Waals surface area contributed by atoms with E-state index in [4.69, 9.17) is 11.6 Å². The molecule has 2 aliphatic rings. The number of hydrogen-bond acceptors (Lipinski definition) is 7. The number of anilines is 2. The number of rotatable bonds is 5. The molecule has 37 heavy (non-hydrogen) atoms. The van der Waals surface area contributed by atoms with Gasteiger partial charge in [0.05, 0.1) is 17.6 Å². The zero-order valence-electron chi connectivity index (χ0n) is 20.6. The summed E-state index contributed by atoms with van der Waals surface area (Å²) in [5.41, 5.74) is 2.82. The lowest BCUT2D eigenvalue weighted by Crippen LogP contribution is -2.51. The molecule has 11 heteroatoms. The van der Waals surface area contributed by atoms with Crippen LogP contribution < -0.4 is 10.2 Å². The van der Waals surface area contributed by atoms with Gasteiger partial charge in [-0.2, -0.15) is 0 Å².